The van der Waals surface area contributed by atoms with Crippen molar-refractivity contribution in [2.75, 3.05) is 16.9 Å². The Morgan fingerprint density at radius 3 is 2.64 bits per heavy atom. The number of thioether (sulfide) groups is 1. The summed E-state index contributed by atoms with van der Waals surface area (Å²) in [5, 5.41) is 11.3. The maximum atomic E-state index is 12.9. The zero-order valence-corrected chi connectivity index (χ0v) is 14.3. The molecule has 0 aliphatic heterocycles. The van der Waals surface area contributed by atoms with E-state index in [0.29, 0.717) is 16.7 Å². The van der Waals surface area contributed by atoms with Gasteiger partial charge in [-0.3, -0.25) is 4.79 Å². The SMILES string of the molecule is Cc1ccccc1-c1nnc(SCC(=O)Nc2ccc(F)cc2)n1N. The summed E-state index contributed by atoms with van der Waals surface area (Å²) in [6, 6.07) is 13.3. The Labute approximate surface area is 148 Å². The van der Waals surface area contributed by atoms with Gasteiger partial charge in [0.15, 0.2) is 5.82 Å². The van der Waals surface area contributed by atoms with Crippen LogP contribution in [0.4, 0.5) is 10.1 Å². The average Bonchev–Trinajstić information content (AvgIpc) is 2.96. The van der Waals surface area contributed by atoms with Gasteiger partial charge in [0.05, 0.1) is 5.75 Å². The highest BCUT2D eigenvalue weighted by Crippen LogP contribution is 2.24. The smallest absolute Gasteiger partial charge is 0.234 e. The van der Waals surface area contributed by atoms with E-state index in [0.717, 1.165) is 11.1 Å². The molecule has 0 saturated heterocycles. The second-order valence-corrected chi connectivity index (χ2v) is 6.28. The molecule has 25 heavy (non-hydrogen) atoms. The van der Waals surface area contributed by atoms with E-state index in [-0.39, 0.29) is 17.5 Å². The van der Waals surface area contributed by atoms with Crippen LogP contribution in [-0.2, 0) is 4.79 Å². The molecule has 0 aliphatic carbocycles. The highest BCUT2D eigenvalue weighted by Gasteiger charge is 2.15. The lowest BCUT2D eigenvalue weighted by molar-refractivity contribution is -0.113. The van der Waals surface area contributed by atoms with Gasteiger partial charge in [0.1, 0.15) is 5.82 Å². The number of aryl methyl sites for hydroxylation is 1. The van der Waals surface area contributed by atoms with Crippen LogP contribution in [0.3, 0.4) is 0 Å². The highest BCUT2D eigenvalue weighted by atomic mass is 32.2. The van der Waals surface area contributed by atoms with Crippen molar-refractivity contribution < 1.29 is 9.18 Å². The molecule has 2 aromatic carbocycles. The zero-order valence-electron chi connectivity index (χ0n) is 13.4. The van der Waals surface area contributed by atoms with Gasteiger partial charge in [-0.1, -0.05) is 36.0 Å². The fraction of sp³-hybridized carbons (Fsp3) is 0.118. The average molecular weight is 357 g/mol. The molecule has 0 bridgehead atoms. The van der Waals surface area contributed by atoms with Gasteiger partial charge in [-0.25, -0.2) is 9.07 Å². The predicted octanol–water partition coefficient (Wildman–Crippen LogP) is 2.84. The number of nitrogen functional groups attached to an aromatic ring is 1. The molecule has 0 fully saturated rings. The fourth-order valence-electron chi connectivity index (χ4n) is 2.24. The van der Waals surface area contributed by atoms with Gasteiger partial charge in [-0.15, -0.1) is 10.2 Å². The minimum Gasteiger partial charge on any atom is -0.335 e. The van der Waals surface area contributed by atoms with Crippen LogP contribution in [0.25, 0.3) is 11.4 Å². The lowest BCUT2D eigenvalue weighted by atomic mass is 10.1. The van der Waals surface area contributed by atoms with Crippen LogP contribution in [0.2, 0.25) is 0 Å². The maximum absolute atomic E-state index is 12.9. The maximum Gasteiger partial charge on any atom is 0.234 e. The number of nitrogens with zero attached hydrogens (tertiary/aromatic N) is 3. The lowest BCUT2D eigenvalue weighted by Gasteiger charge is -2.06. The molecule has 0 unspecified atom stereocenters. The third-order valence-corrected chi connectivity index (χ3v) is 4.45. The van der Waals surface area contributed by atoms with Gasteiger partial charge >= 0.3 is 0 Å². The van der Waals surface area contributed by atoms with Crippen molar-refractivity contribution in [2.24, 2.45) is 0 Å². The summed E-state index contributed by atoms with van der Waals surface area (Å²) in [4.78, 5) is 12.0. The summed E-state index contributed by atoms with van der Waals surface area (Å²) in [7, 11) is 0. The molecule has 8 heteroatoms. The molecular weight excluding hydrogens is 341 g/mol. The van der Waals surface area contributed by atoms with Crippen LogP contribution in [0.1, 0.15) is 5.56 Å². The van der Waals surface area contributed by atoms with Crippen LogP contribution in [-0.4, -0.2) is 26.5 Å². The second kappa shape index (κ2) is 7.35. The Bertz CT molecular complexity index is 894. The quantitative estimate of drug-likeness (QED) is 0.542. The molecule has 1 heterocycles. The molecule has 128 valence electrons. The normalized spacial score (nSPS) is 10.6. The van der Waals surface area contributed by atoms with Crippen LogP contribution >= 0.6 is 11.8 Å². The van der Waals surface area contributed by atoms with Gasteiger partial charge in [0, 0.05) is 11.3 Å². The number of anilines is 1. The summed E-state index contributed by atoms with van der Waals surface area (Å²) >= 11 is 1.18. The summed E-state index contributed by atoms with van der Waals surface area (Å²) in [5.41, 5.74) is 2.45. The number of benzene rings is 2. The first kappa shape index (κ1) is 17.0. The molecule has 0 radical (unpaired) electrons. The Balaban J connectivity index is 1.65. The molecule has 1 aromatic heterocycles. The largest absolute Gasteiger partial charge is 0.335 e. The highest BCUT2D eigenvalue weighted by molar-refractivity contribution is 7.99. The monoisotopic (exact) mass is 357 g/mol. The Kier molecular flexibility index (Phi) is 4.99. The topological polar surface area (TPSA) is 85.8 Å². The van der Waals surface area contributed by atoms with E-state index in [2.05, 4.69) is 15.5 Å². The summed E-state index contributed by atoms with van der Waals surface area (Å²) in [6.07, 6.45) is 0. The molecule has 0 aliphatic rings. The standard InChI is InChI=1S/C17H16FN5OS/c1-11-4-2-3-5-14(11)16-21-22-17(23(16)19)25-10-15(24)20-13-8-6-12(18)7-9-13/h2-9H,10,19H2,1H3,(H,20,24). The van der Waals surface area contributed by atoms with E-state index in [4.69, 9.17) is 5.84 Å². The molecule has 0 saturated carbocycles. The number of carbonyl (C=O) groups excluding carboxylic acids is 1. The van der Waals surface area contributed by atoms with Crippen LogP contribution < -0.4 is 11.2 Å². The van der Waals surface area contributed by atoms with Gasteiger partial charge in [-0.05, 0) is 36.8 Å². The molecule has 3 N–H and O–H groups in total. The number of hydrogen-bond donors (Lipinski definition) is 2. The van der Waals surface area contributed by atoms with Crippen molar-refractivity contribution in [3.8, 4) is 11.4 Å². The molecule has 3 aromatic rings. The number of aromatic nitrogens is 3. The lowest BCUT2D eigenvalue weighted by Crippen LogP contribution is -2.16. The van der Waals surface area contributed by atoms with Crippen molar-refractivity contribution in [1.82, 2.24) is 14.9 Å². The van der Waals surface area contributed by atoms with E-state index in [1.165, 1.54) is 40.7 Å². The molecule has 6 nitrogen and oxygen atoms in total. The Morgan fingerprint density at radius 2 is 1.92 bits per heavy atom. The van der Waals surface area contributed by atoms with Crippen LogP contribution in [0.5, 0.6) is 0 Å². The number of hydrogen-bond acceptors (Lipinski definition) is 5. The molecule has 1 amide bonds. The summed E-state index contributed by atoms with van der Waals surface area (Å²) in [5.74, 6) is 6.12. The number of amides is 1. The van der Waals surface area contributed by atoms with Crippen LogP contribution in [0.15, 0.2) is 53.7 Å². The fourth-order valence-corrected chi connectivity index (χ4v) is 2.90. The molecular formula is C17H16FN5OS. The van der Waals surface area contributed by atoms with E-state index in [1.807, 2.05) is 31.2 Å². The van der Waals surface area contributed by atoms with Crippen molar-refractivity contribution in [3.63, 3.8) is 0 Å². The molecule has 0 spiro atoms. The minimum absolute atomic E-state index is 0.112. The van der Waals surface area contributed by atoms with Gasteiger partial charge in [0.2, 0.25) is 11.1 Å². The van der Waals surface area contributed by atoms with Gasteiger partial charge in [0.25, 0.3) is 0 Å². The van der Waals surface area contributed by atoms with E-state index < -0.39 is 0 Å². The van der Waals surface area contributed by atoms with Crippen LogP contribution in [0, 0.1) is 12.7 Å². The third kappa shape index (κ3) is 3.97. The van der Waals surface area contributed by atoms with E-state index in [9.17, 15) is 9.18 Å². The summed E-state index contributed by atoms with van der Waals surface area (Å²) in [6.45, 7) is 1.97. The number of carbonyl (C=O) groups is 1. The minimum atomic E-state index is -0.354. The van der Waals surface area contributed by atoms with Gasteiger partial charge in [-0.2, -0.15) is 0 Å². The first-order valence-corrected chi connectivity index (χ1v) is 8.48. The number of halogens is 1. The van der Waals surface area contributed by atoms with Crippen molar-refractivity contribution in [3.05, 3.63) is 59.9 Å². The second-order valence-electron chi connectivity index (χ2n) is 5.33. The van der Waals surface area contributed by atoms with E-state index >= 15 is 0 Å². The van der Waals surface area contributed by atoms with Crippen molar-refractivity contribution in [1.29, 1.82) is 0 Å². The first-order chi connectivity index (χ1) is 12.0. The number of nitrogens with two attached hydrogens (primary N) is 1. The first-order valence-electron chi connectivity index (χ1n) is 7.49. The van der Waals surface area contributed by atoms with E-state index in [1.54, 1.807) is 0 Å². The molecule has 0 atom stereocenters. The Hall–Kier alpha value is -2.87. The van der Waals surface area contributed by atoms with Crippen molar-refractivity contribution in [2.45, 2.75) is 12.1 Å². The number of nitrogens with one attached hydrogen (secondary N) is 1. The third-order valence-electron chi connectivity index (χ3n) is 3.51. The van der Waals surface area contributed by atoms with Crippen molar-refractivity contribution >= 4 is 23.4 Å². The Morgan fingerprint density at radius 1 is 1.20 bits per heavy atom. The zero-order chi connectivity index (χ0) is 17.8. The van der Waals surface area contributed by atoms with Gasteiger partial charge < -0.3 is 11.2 Å². The molecule has 3 rings (SSSR count). The predicted molar refractivity (Wildman–Crippen MR) is 96.1 cm³/mol. The summed E-state index contributed by atoms with van der Waals surface area (Å²) < 4.78 is 14.2. The number of rotatable bonds is 5.